The number of carbonyl (C=O) groups excluding carboxylic acids is 2. The number of thioether (sulfide) groups is 2. The molecule has 23 heavy (non-hydrogen) atoms. The van der Waals surface area contributed by atoms with Crippen molar-refractivity contribution in [1.29, 1.82) is 0 Å². The Balaban J connectivity index is 1.90. The Bertz CT molecular complexity index is 550. The first-order valence-corrected chi connectivity index (χ1v) is 9.30. The van der Waals surface area contributed by atoms with Gasteiger partial charge in [-0.1, -0.05) is 11.8 Å². The van der Waals surface area contributed by atoms with Gasteiger partial charge in [0.1, 0.15) is 23.5 Å². The molecule has 1 fully saturated rings. The van der Waals surface area contributed by atoms with E-state index in [9.17, 15) is 9.59 Å². The summed E-state index contributed by atoms with van der Waals surface area (Å²) in [4.78, 5) is 25.4. The number of hydrogen-bond donors (Lipinski definition) is 0. The number of methoxy groups -OCH3 is 1. The van der Waals surface area contributed by atoms with Gasteiger partial charge in [-0.2, -0.15) is 0 Å². The summed E-state index contributed by atoms with van der Waals surface area (Å²) in [5, 5.41) is -0.405. The summed E-state index contributed by atoms with van der Waals surface area (Å²) >= 11 is 2.78. The Kier molecular flexibility index (Phi) is 6.65. The highest BCUT2D eigenvalue weighted by Crippen LogP contribution is 2.28. The minimum Gasteiger partial charge on any atom is -0.497 e. The smallest absolute Gasteiger partial charge is 0.236 e. The Labute approximate surface area is 145 Å². The first-order chi connectivity index (χ1) is 11.0. The maximum atomic E-state index is 12.5. The van der Waals surface area contributed by atoms with Crippen LogP contribution in [-0.2, 0) is 9.59 Å². The Morgan fingerprint density at radius 3 is 2.61 bits per heavy atom. The van der Waals surface area contributed by atoms with Crippen molar-refractivity contribution >= 4 is 34.5 Å². The van der Waals surface area contributed by atoms with Crippen LogP contribution in [0.1, 0.15) is 13.8 Å². The Morgan fingerprint density at radius 2 is 2.00 bits per heavy atom. The van der Waals surface area contributed by atoms with E-state index in [-0.39, 0.29) is 21.6 Å². The molecule has 2 atom stereocenters. The maximum Gasteiger partial charge on any atom is 0.236 e. The predicted molar refractivity (Wildman–Crippen MR) is 94.2 cm³/mol. The van der Waals surface area contributed by atoms with Crippen LogP contribution in [0.15, 0.2) is 24.3 Å². The van der Waals surface area contributed by atoms with Crippen LogP contribution in [0.25, 0.3) is 0 Å². The molecular formula is C16H21NO4S2. The average Bonchev–Trinajstić information content (AvgIpc) is 3.00. The molecule has 1 saturated heterocycles. The van der Waals surface area contributed by atoms with Crippen LogP contribution >= 0.6 is 23.5 Å². The van der Waals surface area contributed by atoms with Gasteiger partial charge in [0.2, 0.25) is 5.91 Å². The third-order valence-electron chi connectivity index (χ3n) is 3.42. The molecular weight excluding hydrogens is 334 g/mol. The molecule has 1 heterocycles. The number of amides is 1. The third-order valence-corrected chi connectivity index (χ3v) is 5.50. The molecule has 5 nitrogen and oxygen atoms in total. The van der Waals surface area contributed by atoms with Crippen molar-refractivity contribution < 1.29 is 19.1 Å². The number of nitrogens with zero attached hydrogens (tertiary/aromatic N) is 1. The lowest BCUT2D eigenvalue weighted by molar-refractivity contribution is -0.130. The minimum atomic E-state index is -0.352. The van der Waals surface area contributed by atoms with Crippen molar-refractivity contribution in [2.75, 3.05) is 26.0 Å². The van der Waals surface area contributed by atoms with Crippen LogP contribution in [0.2, 0.25) is 0 Å². The van der Waals surface area contributed by atoms with E-state index in [2.05, 4.69) is 0 Å². The second-order valence-electron chi connectivity index (χ2n) is 5.10. The van der Waals surface area contributed by atoms with Gasteiger partial charge in [-0.25, -0.2) is 0 Å². The maximum absolute atomic E-state index is 12.5. The van der Waals surface area contributed by atoms with Gasteiger partial charge in [0.25, 0.3) is 0 Å². The molecule has 0 aromatic heterocycles. The summed E-state index contributed by atoms with van der Waals surface area (Å²) in [5.74, 6) is 2.41. The van der Waals surface area contributed by atoms with Gasteiger partial charge >= 0.3 is 0 Å². The van der Waals surface area contributed by atoms with Crippen molar-refractivity contribution in [3.05, 3.63) is 24.3 Å². The highest BCUT2D eigenvalue weighted by molar-refractivity contribution is 8.14. The van der Waals surface area contributed by atoms with E-state index in [0.29, 0.717) is 13.2 Å². The summed E-state index contributed by atoms with van der Waals surface area (Å²) in [5.41, 5.74) is 0. The molecule has 7 heteroatoms. The highest BCUT2D eigenvalue weighted by Gasteiger charge is 2.33. The second kappa shape index (κ2) is 8.49. The lowest BCUT2D eigenvalue weighted by atomic mass is 10.3. The van der Waals surface area contributed by atoms with Gasteiger partial charge in [0.15, 0.2) is 5.12 Å². The van der Waals surface area contributed by atoms with Crippen LogP contribution in [-0.4, -0.2) is 52.6 Å². The van der Waals surface area contributed by atoms with E-state index in [1.807, 2.05) is 29.2 Å². The number of rotatable bonds is 6. The molecule has 0 bridgehead atoms. The van der Waals surface area contributed by atoms with Gasteiger partial charge in [-0.15, -0.1) is 11.8 Å². The molecule has 0 radical (unpaired) electrons. The van der Waals surface area contributed by atoms with E-state index in [1.54, 1.807) is 25.8 Å². The lowest BCUT2D eigenvalue weighted by Gasteiger charge is -2.26. The first-order valence-electron chi connectivity index (χ1n) is 7.37. The van der Waals surface area contributed by atoms with Crippen LogP contribution in [0.3, 0.4) is 0 Å². The largest absolute Gasteiger partial charge is 0.497 e. The van der Waals surface area contributed by atoms with Crippen molar-refractivity contribution in [1.82, 2.24) is 4.90 Å². The second-order valence-corrected chi connectivity index (χ2v) is 7.90. The molecule has 1 aromatic carbocycles. The molecule has 126 valence electrons. The van der Waals surface area contributed by atoms with Gasteiger partial charge in [0.05, 0.1) is 12.4 Å². The Hall–Kier alpha value is -1.34. The quantitative estimate of drug-likeness (QED) is 0.782. The fourth-order valence-corrected chi connectivity index (χ4v) is 4.15. The zero-order valence-corrected chi connectivity index (χ0v) is 15.1. The van der Waals surface area contributed by atoms with Crippen LogP contribution in [0.5, 0.6) is 11.5 Å². The zero-order chi connectivity index (χ0) is 16.8. The topological polar surface area (TPSA) is 55.8 Å². The number of benzene rings is 1. The van der Waals surface area contributed by atoms with Gasteiger partial charge in [-0.3, -0.25) is 9.59 Å². The molecule has 1 amide bonds. The van der Waals surface area contributed by atoms with Crippen LogP contribution in [0, 0.1) is 0 Å². The predicted octanol–water partition coefficient (Wildman–Crippen LogP) is 2.64. The average molecular weight is 355 g/mol. The van der Waals surface area contributed by atoms with E-state index in [0.717, 1.165) is 29.0 Å². The summed E-state index contributed by atoms with van der Waals surface area (Å²) < 4.78 is 10.9. The number of hydrogen-bond acceptors (Lipinski definition) is 6. The molecule has 2 rings (SSSR count). The summed E-state index contributed by atoms with van der Waals surface area (Å²) in [6.07, 6.45) is 0. The first kappa shape index (κ1) is 18.0. The molecule has 1 aromatic rings. The number of carbonyl (C=O) groups is 2. The number of ether oxygens (including phenoxy) is 2. The normalized spacial score (nSPS) is 18.6. The van der Waals surface area contributed by atoms with Crippen molar-refractivity contribution in [3.8, 4) is 11.5 Å². The van der Waals surface area contributed by atoms with Crippen molar-refractivity contribution in [2.24, 2.45) is 0 Å². The van der Waals surface area contributed by atoms with Gasteiger partial charge < -0.3 is 14.4 Å². The molecule has 0 spiro atoms. The standard InChI is InChI=1S/C16H21NO4S2/c1-11(23-12(2)18)16(19)17-8-9-22-15(17)10-21-14-6-4-13(20-3)5-7-14/h4-7,11,15H,8-10H2,1-3H3. The molecule has 2 unspecified atom stereocenters. The van der Waals surface area contributed by atoms with Gasteiger partial charge in [0, 0.05) is 19.2 Å². The van der Waals surface area contributed by atoms with Crippen molar-refractivity contribution in [2.45, 2.75) is 24.5 Å². The molecule has 0 saturated carbocycles. The highest BCUT2D eigenvalue weighted by atomic mass is 32.2. The fraction of sp³-hybridized carbons (Fsp3) is 0.500. The van der Waals surface area contributed by atoms with Crippen LogP contribution in [0.4, 0.5) is 0 Å². The SMILES string of the molecule is COc1ccc(OCC2SCCN2C(=O)C(C)SC(C)=O)cc1. The van der Waals surface area contributed by atoms with E-state index < -0.39 is 0 Å². The summed E-state index contributed by atoms with van der Waals surface area (Å²) in [7, 11) is 1.62. The zero-order valence-electron chi connectivity index (χ0n) is 13.5. The summed E-state index contributed by atoms with van der Waals surface area (Å²) in [6, 6.07) is 7.37. The van der Waals surface area contributed by atoms with E-state index >= 15 is 0 Å². The molecule has 1 aliphatic rings. The molecule has 1 aliphatic heterocycles. The van der Waals surface area contributed by atoms with Crippen LogP contribution < -0.4 is 9.47 Å². The molecule has 0 aliphatic carbocycles. The van der Waals surface area contributed by atoms with E-state index in [1.165, 1.54) is 6.92 Å². The Morgan fingerprint density at radius 1 is 1.35 bits per heavy atom. The van der Waals surface area contributed by atoms with Gasteiger partial charge in [-0.05, 0) is 31.2 Å². The monoisotopic (exact) mass is 355 g/mol. The third kappa shape index (κ3) is 5.07. The minimum absolute atomic E-state index is 0.00136. The lowest BCUT2D eigenvalue weighted by Crippen LogP contribution is -2.42. The summed E-state index contributed by atoms with van der Waals surface area (Å²) in [6.45, 7) is 4.39. The fourth-order valence-electron chi connectivity index (χ4n) is 2.28. The van der Waals surface area contributed by atoms with E-state index in [4.69, 9.17) is 9.47 Å². The van der Waals surface area contributed by atoms with Crippen molar-refractivity contribution in [3.63, 3.8) is 0 Å². The molecule has 0 N–H and O–H groups in total.